The molecule has 0 fully saturated rings. The zero-order valence-corrected chi connectivity index (χ0v) is 17.8. The number of carbonyl (C=O) groups is 3. The molecule has 2 aromatic heterocycles. The zero-order valence-electron chi connectivity index (χ0n) is 17.1. The summed E-state index contributed by atoms with van der Waals surface area (Å²) in [5.41, 5.74) is -0.480. The predicted octanol–water partition coefficient (Wildman–Crippen LogP) is 3.44. The summed E-state index contributed by atoms with van der Waals surface area (Å²) in [6.45, 7) is -0.181. The molecule has 4 aromatic rings. The summed E-state index contributed by atoms with van der Waals surface area (Å²) in [5, 5.41) is 15.9. The molecular weight excluding hydrogens is 472 g/mol. The van der Waals surface area contributed by atoms with Gasteiger partial charge in [0, 0.05) is 24.4 Å². The lowest BCUT2D eigenvalue weighted by molar-refractivity contribution is 0.0686. The first-order valence-corrected chi connectivity index (χ1v) is 9.99. The van der Waals surface area contributed by atoms with E-state index >= 15 is 0 Å². The maximum absolute atomic E-state index is 13.4. The molecule has 0 atom stereocenters. The average Bonchev–Trinajstić information content (AvgIpc) is 3.27. The van der Waals surface area contributed by atoms with E-state index < -0.39 is 35.1 Å². The number of amides is 2. The van der Waals surface area contributed by atoms with E-state index in [9.17, 15) is 28.3 Å². The van der Waals surface area contributed by atoms with Gasteiger partial charge in [0.2, 0.25) is 0 Å². The van der Waals surface area contributed by atoms with Gasteiger partial charge in [-0.1, -0.05) is 24.3 Å². The minimum atomic E-state index is -1.42. The Morgan fingerprint density at radius 3 is 2.47 bits per heavy atom. The van der Waals surface area contributed by atoms with E-state index in [1.54, 1.807) is 30.3 Å². The van der Waals surface area contributed by atoms with Crippen molar-refractivity contribution in [2.45, 2.75) is 6.54 Å². The lowest BCUT2D eigenvalue weighted by atomic mass is 10.2. The molecule has 0 aliphatic rings. The highest BCUT2D eigenvalue weighted by atomic mass is 35.5. The van der Waals surface area contributed by atoms with Crippen molar-refractivity contribution in [1.82, 2.24) is 19.9 Å². The van der Waals surface area contributed by atoms with E-state index in [0.717, 1.165) is 33.3 Å². The number of aromatic carboxylic acids is 1. The number of anilines is 1. The SMILES string of the molecule is O=C(NCc1ccc(F)c(F)c1)c1cc(C(=O)O)n2ncc(C(=O)N(Cl)c3ccccc3)c2n1. The minimum absolute atomic E-state index is 0.142. The number of carbonyl (C=O) groups excluding carboxylic acids is 2. The summed E-state index contributed by atoms with van der Waals surface area (Å²) in [7, 11) is 0. The Morgan fingerprint density at radius 1 is 1.06 bits per heavy atom. The summed E-state index contributed by atoms with van der Waals surface area (Å²) in [5.74, 6) is -5.08. The van der Waals surface area contributed by atoms with Gasteiger partial charge in [-0.2, -0.15) is 5.10 Å². The zero-order chi connectivity index (χ0) is 24.4. The van der Waals surface area contributed by atoms with Gasteiger partial charge in [-0.3, -0.25) is 9.59 Å². The van der Waals surface area contributed by atoms with Crippen molar-refractivity contribution in [3.8, 4) is 0 Å². The van der Waals surface area contributed by atoms with Crippen LogP contribution in [0.1, 0.15) is 36.9 Å². The lowest BCUT2D eigenvalue weighted by Crippen LogP contribution is -2.26. The first kappa shape index (κ1) is 22.8. The number of fused-ring (bicyclic) bond motifs is 1. The van der Waals surface area contributed by atoms with Gasteiger partial charge >= 0.3 is 5.97 Å². The molecular formula is C22H14ClF2N5O4. The van der Waals surface area contributed by atoms with Crippen molar-refractivity contribution in [3.05, 3.63) is 94.9 Å². The highest BCUT2D eigenvalue weighted by Gasteiger charge is 2.25. The number of benzene rings is 2. The number of para-hydroxylation sites is 1. The van der Waals surface area contributed by atoms with Gasteiger partial charge in [0.15, 0.2) is 23.0 Å². The van der Waals surface area contributed by atoms with Gasteiger partial charge < -0.3 is 10.4 Å². The Bertz CT molecular complexity index is 1430. The lowest BCUT2D eigenvalue weighted by Gasteiger charge is -2.13. The van der Waals surface area contributed by atoms with E-state index in [-0.39, 0.29) is 29.0 Å². The molecule has 12 heteroatoms. The van der Waals surface area contributed by atoms with Gasteiger partial charge in [-0.25, -0.2) is 27.5 Å². The normalized spacial score (nSPS) is 10.8. The summed E-state index contributed by atoms with van der Waals surface area (Å²) in [4.78, 5) is 41.5. The number of halogens is 3. The third-order valence-corrected chi connectivity index (χ3v) is 5.10. The highest BCUT2D eigenvalue weighted by Crippen LogP contribution is 2.22. The molecule has 2 aromatic carbocycles. The van der Waals surface area contributed by atoms with Crippen LogP contribution >= 0.6 is 11.8 Å². The molecule has 4 rings (SSSR count). The number of rotatable bonds is 6. The molecule has 0 radical (unpaired) electrons. The van der Waals surface area contributed by atoms with Crippen LogP contribution in [0.15, 0.2) is 60.8 Å². The number of nitrogens with zero attached hydrogens (tertiary/aromatic N) is 4. The number of hydrogen-bond donors (Lipinski definition) is 2. The second-order valence-corrected chi connectivity index (χ2v) is 7.32. The summed E-state index contributed by atoms with van der Waals surface area (Å²) < 4.78 is 28.2. The molecule has 9 nitrogen and oxygen atoms in total. The number of aromatic nitrogens is 3. The summed E-state index contributed by atoms with van der Waals surface area (Å²) in [6.07, 6.45) is 1.10. The van der Waals surface area contributed by atoms with E-state index in [0.29, 0.717) is 5.69 Å². The largest absolute Gasteiger partial charge is 0.477 e. The minimum Gasteiger partial charge on any atom is -0.477 e. The van der Waals surface area contributed by atoms with Crippen LogP contribution in [0.3, 0.4) is 0 Å². The van der Waals surface area contributed by atoms with E-state index in [4.69, 9.17) is 11.8 Å². The van der Waals surface area contributed by atoms with Crippen molar-refractivity contribution in [2.75, 3.05) is 4.42 Å². The Kier molecular flexibility index (Phi) is 6.19. The van der Waals surface area contributed by atoms with Crippen LogP contribution in [0.2, 0.25) is 0 Å². The fraction of sp³-hybridized carbons (Fsp3) is 0.0455. The summed E-state index contributed by atoms with van der Waals surface area (Å²) >= 11 is 6.16. The fourth-order valence-electron chi connectivity index (χ4n) is 3.09. The quantitative estimate of drug-likeness (QED) is 0.404. The third-order valence-electron chi connectivity index (χ3n) is 4.75. The molecule has 0 aliphatic carbocycles. The van der Waals surface area contributed by atoms with Crippen LogP contribution in [0, 0.1) is 11.6 Å². The number of carboxylic acids is 1. The van der Waals surface area contributed by atoms with Gasteiger partial charge in [-0.15, -0.1) is 0 Å². The molecule has 34 heavy (non-hydrogen) atoms. The van der Waals surface area contributed by atoms with Gasteiger partial charge in [-0.05, 0) is 29.8 Å². The molecule has 2 amide bonds. The number of nitrogens with one attached hydrogen (secondary N) is 1. The van der Waals surface area contributed by atoms with Crippen molar-refractivity contribution in [1.29, 1.82) is 0 Å². The van der Waals surface area contributed by atoms with E-state index in [1.165, 1.54) is 6.07 Å². The van der Waals surface area contributed by atoms with Crippen LogP contribution in [0.4, 0.5) is 14.5 Å². The van der Waals surface area contributed by atoms with Crippen LogP contribution in [0.25, 0.3) is 5.65 Å². The Labute approximate surface area is 195 Å². The van der Waals surface area contributed by atoms with Crippen LogP contribution in [-0.4, -0.2) is 37.5 Å². The second-order valence-electron chi connectivity index (χ2n) is 6.98. The van der Waals surface area contributed by atoms with Crippen molar-refractivity contribution >= 4 is 40.9 Å². The monoisotopic (exact) mass is 485 g/mol. The molecule has 0 saturated heterocycles. The molecule has 172 valence electrons. The smallest absolute Gasteiger partial charge is 0.354 e. The van der Waals surface area contributed by atoms with Gasteiger partial charge in [0.05, 0.1) is 11.9 Å². The molecule has 0 unspecified atom stereocenters. The fourth-order valence-corrected chi connectivity index (χ4v) is 3.29. The molecule has 0 bridgehead atoms. The molecule has 0 aliphatic heterocycles. The summed E-state index contributed by atoms with van der Waals surface area (Å²) in [6, 6.07) is 12.3. The maximum atomic E-state index is 13.4. The molecule has 2 heterocycles. The number of carboxylic acid groups (broad SMARTS) is 1. The Morgan fingerprint density at radius 2 is 1.79 bits per heavy atom. The predicted molar refractivity (Wildman–Crippen MR) is 117 cm³/mol. The first-order chi connectivity index (χ1) is 16.3. The van der Waals surface area contributed by atoms with Crippen molar-refractivity contribution < 1.29 is 28.3 Å². The molecule has 2 N–H and O–H groups in total. The third kappa shape index (κ3) is 4.41. The van der Waals surface area contributed by atoms with Crippen molar-refractivity contribution in [3.63, 3.8) is 0 Å². The van der Waals surface area contributed by atoms with Crippen LogP contribution < -0.4 is 9.74 Å². The van der Waals surface area contributed by atoms with Gasteiger partial charge in [0.1, 0.15) is 11.3 Å². The molecule has 0 spiro atoms. The van der Waals surface area contributed by atoms with Gasteiger partial charge in [0.25, 0.3) is 11.8 Å². The average molecular weight is 486 g/mol. The Balaban J connectivity index is 1.67. The van der Waals surface area contributed by atoms with Crippen molar-refractivity contribution in [2.24, 2.45) is 0 Å². The Hall–Kier alpha value is -4.38. The first-order valence-electron chi connectivity index (χ1n) is 9.65. The second kappa shape index (κ2) is 9.24. The maximum Gasteiger partial charge on any atom is 0.354 e. The van der Waals surface area contributed by atoms with E-state index in [2.05, 4.69) is 15.4 Å². The molecule has 0 saturated carbocycles. The topological polar surface area (TPSA) is 117 Å². The standard InChI is InChI=1S/C22H14ClF2N5O4/c23-29(13-4-2-1-3-5-13)21(32)14-11-27-30-18(22(33)34)9-17(28-19(14)30)20(31)26-10-12-6-7-15(24)16(25)8-12/h1-9,11H,10H2,(H,26,31)(H,33,34). The highest BCUT2D eigenvalue weighted by molar-refractivity contribution is 6.39. The van der Waals surface area contributed by atoms with Crippen LogP contribution in [0.5, 0.6) is 0 Å². The van der Waals surface area contributed by atoms with E-state index in [1.807, 2.05) is 0 Å². The number of hydrogen-bond acceptors (Lipinski definition) is 5. The van der Waals surface area contributed by atoms with Crippen LogP contribution in [-0.2, 0) is 6.54 Å².